The minimum atomic E-state index is -0.0526. The number of amides is 1. The van der Waals surface area contributed by atoms with E-state index < -0.39 is 0 Å². The van der Waals surface area contributed by atoms with Crippen LogP contribution in [0.4, 0.5) is 0 Å². The highest BCUT2D eigenvalue weighted by molar-refractivity contribution is 7.10. The zero-order valence-electron chi connectivity index (χ0n) is 12.2. The van der Waals surface area contributed by atoms with Crippen molar-refractivity contribution in [2.75, 3.05) is 53.5 Å². The predicted octanol–water partition coefficient (Wildman–Crippen LogP) is 0.799. The molecule has 1 amide bonds. The van der Waals surface area contributed by atoms with E-state index in [1.807, 2.05) is 0 Å². The first-order valence-corrected chi connectivity index (χ1v) is 7.80. The molecule has 0 aromatic carbocycles. The summed E-state index contributed by atoms with van der Waals surface area (Å²) < 4.78 is 4.86. The number of carbonyl (C=O) groups is 1. The molecular weight excluding hydrogens is 274 g/mol. The van der Waals surface area contributed by atoms with Crippen molar-refractivity contribution in [2.24, 2.45) is 0 Å². The van der Waals surface area contributed by atoms with Gasteiger partial charge in [-0.2, -0.15) is 0 Å². The Morgan fingerprint density at radius 2 is 2.20 bits per heavy atom. The molecule has 0 aliphatic carbocycles. The third-order valence-electron chi connectivity index (χ3n) is 3.62. The number of carbonyl (C=O) groups excluding carboxylic acids is 1. The molecule has 0 saturated carbocycles. The molecule has 1 unspecified atom stereocenters. The Hall–Kier alpha value is -0.950. The largest absolute Gasteiger partial charge is 0.375 e. The average molecular weight is 297 g/mol. The van der Waals surface area contributed by atoms with Crippen LogP contribution in [-0.4, -0.2) is 69.2 Å². The number of hydrogen-bond acceptors (Lipinski definition) is 5. The number of hydrogen-bond donors (Lipinski definition) is 1. The fourth-order valence-corrected chi connectivity index (χ4v) is 3.28. The summed E-state index contributed by atoms with van der Waals surface area (Å²) in [5.41, 5.74) is 0. The van der Waals surface area contributed by atoms with E-state index in [1.165, 1.54) is 12.0 Å². The summed E-state index contributed by atoms with van der Waals surface area (Å²) in [6, 6.07) is 4.49. The van der Waals surface area contributed by atoms with Crippen LogP contribution < -0.4 is 5.32 Å². The second-order valence-corrected chi connectivity index (χ2v) is 6.09. The topological polar surface area (TPSA) is 44.8 Å². The van der Waals surface area contributed by atoms with Crippen LogP contribution in [0.5, 0.6) is 0 Å². The summed E-state index contributed by atoms with van der Waals surface area (Å²) in [4.78, 5) is 17.7. The summed E-state index contributed by atoms with van der Waals surface area (Å²) in [6.07, 6.45) is 0. The Kier molecular flexibility index (Phi) is 5.97. The van der Waals surface area contributed by atoms with Gasteiger partial charge in [0.1, 0.15) is 6.61 Å². The van der Waals surface area contributed by atoms with E-state index >= 15 is 0 Å². The number of nitrogens with zero attached hydrogens (tertiary/aromatic N) is 2. The van der Waals surface area contributed by atoms with Gasteiger partial charge in [-0.3, -0.25) is 9.69 Å². The molecule has 112 valence electrons. The lowest BCUT2D eigenvalue weighted by Gasteiger charge is -2.37. The standard InChI is InChI=1S/C14H23N3O2S/c1-16-5-7-17(8-6-16)12(13-4-3-9-20-13)10-15-14(18)11-19-2/h3-4,9,12H,5-8,10-11H2,1-2H3,(H,15,18). The predicted molar refractivity (Wildman–Crippen MR) is 81.0 cm³/mol. The molecule has 2 heterocycles. The van der Waals surface area contributed by atoms with Gasteiger partial charge in [0, 0.05) is 44.7 Å². The molecule has 1 saturated heterocycles. The van der Waals surface area contributed by atoms with E-state index in [4.69, 9.17) is 4.74 Å². The molecule has 20 heavy (non-hydrogen) atoms. The van der Waals surface area contributed by atoms with E-state index in [-0.39, 0.29) is 18.6 Å². The zero-order valence-corrected chi connectivity index (χ0v) is 13.0. The van der Waals surface area contributed by atoms with Crippen molar-refractivity contribution in [3.8, 4) is 0 Å². The average Bonchev–Trinajstić information content (AvgIpc) is 2.95. The molecule has 1 N–H and O–H groups in total. The first kappa shape index (κ1) is 15.4. The summed E-state index contributed by atoms with van der Waals surface area (Å²) in [7, 11) is 3.69. The van der Waals surface area contributed by atoms with E-state index in [2.05, 4.69) is 39.7 Å². The van der Waals surface area contributed by atoms with Gasteiger partial charge in [-0.15, -0.1) is 11.3 Å². The lowest BCUT2D eigenvalue weighted by Crippen LogP contribution is -2.48. The van der Waals surface area contributed by atoms with Gasteiger partial charge in [0.2, 0.25) is 5.91 Å². The van der Waals surface area contributed by atoms with Crippen LogP contribution in [0.2, 0.25) is 0 Å². The van der Waals surface area contributed by atoms with Crippen molar-refractivity contribution in [1.82, 2.24) is 15.1 Å². The van der Waals surface area contributed by atoms with E-state index in [9.17, 15) is 4.79 Å². The number of ether oxygens (including phenoxy) is 1. The highest BCUT2D eigenvalue weighted by Crippen LogP contribution is 2.25. The summed E-state index contributed by atoms with van der Waals surface area (Å²) >= 11 is 1.75. The van der Waals surface area contributed by atoms with Gasteiger partial charge in [-0.1, -0.05) is 6.07 Å². The van der Waals surface area contributed by atoms with Gasteiger partial charge in [0.25, 0.3) is 0 Å². The van der Waals surface area contributed by atoms with Crippen molar-refractivity contribution in [1.29, 1.82) is 0 Å². The van der Waals surface area contributed by atoms with Crippen LogP contribution in [-0.2, 0) is 9.53 Å². The maximum Gasteiger partial charge on any atom is 0.246 e. The lowest BCUT2D eigenvalue weighted by molar-refractivity contribution is -0.125. The molecule has 6 heteroatoms. The SMILES string of the molecule is COCC(=O)NCC(c1cccs1)N1CCN(C)CC1. The van der Waals surface area contributed by atoms with Crippen LogP contribution in [0, 0.1) is 0 Å². The summed E-state index contributed by atoms with van der Waals surface area (Å²) in [6.45, 7) is 5.01. The molecule has 1 atom stereocenters. The van der Waals surface area contributed by atoms with Gasteiger partial charge in [-0.25, -0.2) is 0 Å². The Labute approximate surface area is 124 Å². The van der Waals surface area contributed by atoms with Crippen LogP contribution in [0.15, 0.2) is 17.5 Å². The lowest BCUT2D eigenvalue weighted by atomic mass is 10.1. The second kappa shape index (κ2) is 7.73. The maximum atomic E-state index is 11.6. The quantitative estimate of drug-likeness (QED) is 0.843. The molecule has 1 aromatic rings. The van der Waals surface area contributed by atoms with Crippen LogP contribution in [0.3, 0.4) is 0 Å². The van der Waals surface area contributed by atoms with Gasteiger partial charge in [-0.05, 0) is 18.5 Å². The number of nitrogens with one attached hydrogen (secondary N) is 1. The Morgan fingerprint density at radius 3 is 2.80 bits per heavy atom. The van der Waals surface area contributed by atoms with Crippen molar-refractivity contribution in [2.45, 2.75) is 6.04 Å². The number of methoxy groups -OCH3 is 1. The van der Waals surface area contributed by atoms with E-state index in [0.717, 1.165) is 26.2 Å². The maximum absolute atomic E-state index is 11.6. The van der Waals surface area contributed by atoms with Crippen molar-refractivity contribution >= 4 is 17.2 Å². The first-order chi connectivity index (χ1) is 9.70. The third-order valence-corrected chi connectivity index (χ3v) is 4.59. The molecule has 1 aliphatic heterocycles. The third kappa shape index (κ3) is 4.28. The smallest absolute Gasteiger partial charge is 0.246 e. The summed E-state index contributed by atoms with van der Waals surface area (Å²) in [5.74, 6) is -0.0526. The Bertz CT molecular complexity index is 403. The molecule has 5 nitrogen and oxygen atoms in total. The van der Waals surface area contributed by atoms with Crippen molar-refractivity contribution < 1.29 is 9.53 Å². The van der Waals surface area contributed by atoms with E-state index in [1.54, 1.807) is 11.3 Å². The molecule has 0 bridgehead atoms. The fourth-order valence-electron chi connectivity index (χ4n) is 2.42. The minimum absolute atomic E-state index is 0.0526. The van der Waals surface area contributed by atoms with Gasteiger partial charge in [0.05, 0.1) is 6.04 Å². The molecule has 0 spiro atoms. The van der Waals surface area contributed by atoms with Crippen LogP contribution in [0.1, 0.15) is 10.9 Å². The number of likely N-dealkylation sites (N-methyl/N-ethyl adjacent to an activating group) is 1. The van der Waals surface area contributed by atoms with E-state index in [0.29, 0.717) is 6.54 Å². The Morgan fingerprint density at radius 1 is 1.45 bits per heavy atom. The second-order valence-electron chi connectivity index (χ2n) is 5.11. The molecular formula is C14H23N3O2S. The molecule has 1 aromatic heterocycles. The van der Waals surface area contributed by atoms with Gasteiger partial charge in [0.15, 0.2) is 0 Å². The summed E-state index contributed by atoms with van der Waals surface area (Å²) in [5, 5.41) is 5.06. The normalized spacial score (nSPS) is 18.9. The van der Waals surface area contributed by atoms with Crippen LogP contribution in [0.25, 0.3) is 0 Å². The minimum Gasteiger partial charge on any atom is -0.375 e. The molecule has 2 rings (SSSR count). The zero-order chi connectivity index (χ0) is 14.4. The van der Waals surface area contributed by atoms with Gasteiger partial charge >= 0.3 is 0 Å². The van der Waals surface area contributed by atoms with Crippen molar-refractivity contribution in [3.05, 3.63) is 22.4 Å². The molecule has 0 radical (unpaired) electrons. The number of rotatable bonds is 6. The first-order valence-electron chi connectivity index (χ1n) is 6.92. The fraction of sp³-hybridized carbons (Fsp3) is 0.643. The Balaban J connectivity index is 1.96. The number of piperazine rings is 1. The monoisotopic (exact) mass is 297 g/mol. The van der Waals surface area contributed by atoms with Gasteiger partial charge < -0.3 is 15.0 Å². The van der Waals surface area contributed by atoms with Crippen LogP contribution >= 0.6 is 11.3 Å². The molecule has 1 fully saturated rings. The number of thiophene rings is 1. The highest BCUT2D eigenvalue weighted by Gasteiger charge is 2.24. The highest BCUT2D eigenvalue weighted by atomic mass is 32.1. The molecule has 1 aliphatic rings. The van der Waals surface area contributed by atoms with Crippen molar-refractivity contribution in [3.63, 3.8) is 0 Å².